The largest absolute Gasteiger partial charge is 0.393 e. The molecule has 3 heteroatoms. The van der Waals surface area contributed by atoms with Crippen LogP contribution in [0.15, 0.2) is 0 Å². The fourth-order valence-corrected chi connectivity index (χ4v) is 3.01. The fourth-order valence-electron chi connectivity index (χ4n) is 3.01. The number of aliphatic hydroxyl groups excluding tert-OH is 1. The van der Waals surface area contributed by atoms with Gasteiger partial charge in [-0.2, -0.15) is 0 Å². The van der Waals surface area contributed by atoms with Gasteiger partial charge in [-0.3, -0.25) is 4.90 Å². The number of hydrogen-bond acceptors (Lipinski definition) is 3. The number of aliphatic hydroxyl groups is 1. The third kappa shape index (κ3) is 4.52. The van der Waals surface area contributed by atoms with Crippen LogP contribution in [0.4, 0.5) is 0 Å². The third-order valence-electron chi connectivity index (χ3n) is 4.41. The zero-order valence-corrected chi connectivity index (χ0v) is 12.9. The van der Waals surface area contributed by atoms with Crippen LogP contribution in [-0.4, -0.2) is 47.8 Å². The zero-order valence-electron chi connectivity index (χ0n) is 12.9. The van der Waals surface area contributed by atoms with E-state index in [4.69, 9.17) is 0 Å². The van der Waals surface area contributed by atoms with E-state index >= 15 is 0 Å². The lowest BCUT2D eigenvalue weighted by atomic mass is 9.84. The smallest absolute Gasteiger partial charge is 0.0527 e. The summed E-state index contributed by atoms with van der Waals surface area (Å²) in [6.07, 6.45) is 3.27. The Hall–Kier alpha value is -0.120. The van der Waals surface area contributed by atoms with Gasteiger partial charge in [-0.25, -0.2) is 0 Å². The van der Waals surface area contributed by atoms with Crippen molar-refractivity contribution in [1.82, 2.24) is 10.2 Å². The van der Waals surface area contributed by atoms with Crippen molar-refractivity contribution >= 4 is 0 Å². The van der Waals surface area contributed by atoms with Crippen LogP contribution in [0, 0.1) is 5.41 Å². The Morgan fingerprint density at radius 3 is 2.61 bits per heavy atom. The van der Waals surface area contributed by atoms with Crippen LogP contribution >= 0.6 is 0 Å². The van der Waals surface area contributed by atoms with Gasteiger partial charge in [-0.15, -0.1) is 0 Å². The van der Waals surface area contributed by atoms with Gasteiger partial charge in [-0.05, 0) is 51.6 Å². The molecule has 1 aliphatic heterocycles. The molecule has 1 fully saturated rings. The van der Waals surface area contributed by atoms with E-state index in [0.29, 0.717) is 12.1 Å². The van der Waals surface area contributed by atoms with Gasteiger partial charge >= 0.3 is 0 Å². The maximum absolute atomic E-state index is 9.58. The Balaban J connectivity index is 2.53. The Morgan fingerprint density at radius 2 is 2.06 bits per heavy atom. The van der Waals surface area contributed by atoms with Gasteiger partial charge in [0.25, 0.3) is 0 Å². The molecule has 1 heterocycles. The van der Waals surface area contributed by atoms with Crippen molar-refractivity contribution in [3.05, 3.63) is 0 Å². The number of rotatable bonds is 7. The Bertz CT molecular complexity index is 241. The second-order valence-corrected chi connectivity index (χ2v) is 6.62. The molecule has 1 saturated heterocycles. The zero-order chi connectivity index (χ0) is 13.8. The number of likely N-dealkylation sites (tertiary alicyclic amines) is 1. The molecule has 0 radical (unpaired) electrons. The van der Waals surface area contributed by atoms with Crippen molar-refractivity contribution in [2.45, 2.75) is 72.1 Å². The number of nitrogens with one attached hydrogen (secondary N) is 1. The van der Waals surface area contributed by atoms with E-state index in [1.807, 2.05) is 6.92 Å². The number of hydrogen-bond donors (Lipinski definition) is 2. The molecule has 0 saturated carbocycles. The fraction of sp³-hybridized carbons (Fsp3) is 1.00. The van der Waals surface area contributed by atoms with Crippen LogP contribution in [0.1, 0.15) is 53.9 Å². The lowest BCUT2D eigenvalue weighted by Crippen LogP contribution is -2.48. The highest BCUT2D eigenvalue weighted by molar-refractivity contribution is 4.89. The molecule has 3 atom stereocenters. The summed E-state index contributed by atoms with van der Waals surface area (Å²) >= 11 is 0. The second-order valence-electron chi connectivity index (χ2n) is 6.62. The van der Waals surface area contributed by atoms with Crippen molar-refractivity contribution in [2.75, 3.05) is 19.6 Å². The molecule has 1 rings (SSSR count). The summed E-state index contributed by atoms with van der Waals surface area (Å²) in [6, 6.07) is 1.11. The van der Waals surface area contributed by atoms with Crippen LogP contribution in [0.5, 0.6) is 0 Å². The summed E-state index contributed by atoms with van der Waals surface area (Å²) in [5, 5.41) is 13.1. The van der Waals surface area contributed by atoms with E-state index < -0.39 is 0 Å². The summed E-state index contributed by atoms with van der Waals surface area (Å²) in [6.45, 7) is 14.4. The normalized spacial score (nSPS) is 25.3. The summed E-state index contributed by atoms with van der Waals surface area (Å²) < 4.78 is 0. The van der Waals surface area contributed by atoms with E-state index in [2.05, 4.69) is 37.9 Å². The van der Waals surface area contributed by atoms with Gasteiger partial charge in [0, 0.05) is 18.6 Å². The molecular weight excluding hydrogens is 224 g/mol. The van der Waals surface area contributed by atoms with Crippen LogP contribution in [0.25, 0.3) is 0 Å². The minimum atomic E-state index is -0.176. The molecule has 0 aliphatic carbocycles. The highest BCUT2D eigenvalue weighted by atomic mass is 16.3. The second kappa shape index (κ2) is 6.88. The van der Waals surface area contributed by atoms with E-state index in [9.17, 15) is 5.11 Å². The van der Waals surface area contributed by atoms with Crippen LogP contribution in [0.2, 0.25) is 0 Å². The van der Waals surface area contributed by atoms with Crippen molar-refractivity contribution in [2.24, 2.45) is 5.41 Å². The van der Waals surface area contributed by atoms with Gasteiger partial charge in [0.1, 0.15) is 0 Å². The maximum atomic E-state index is 9.58. The molecular formula is C15H32N2O. The summed E-state index contributed by atoms with van der Waals surface area (Å²) in [5.41, 5.74) is 0.275. The molecule has 18 heavy (non-hydrogen) atoms. The van der Waals surface area contributed by atoms with Crippen molar-refractivity contribution < 1.29 is 5.11 Å². The first-order chi connectivity index (χ1) is 8.36. The first-order valence-corrected chi connectivity index (χ1v) is 7.52. The minimum absolute atomic E-state index is 0.176. The Morgan fingerprint density at radius 1 is 1.39 bits per heavy atom. The molecule has 0 amide bonds. The van der Waals surface area contributed by atoms with E-state index in [1.165, 1.54) is 19.4 Å². The number of nitrogens with zero attached hydrogens (tertiary/aromatic N) is 1. The highest BCUT2D eigenvalue weighted by Gasteiger charge is 2.33. The summed E-state index contributed by atoms with van der Waals surface area (Å²) in [5.74, 6) is 0. The first-order valence-electron chi connectivity index (χ1n) is 7.52. The van der Waals surface area contributed by atoms with Crippen LogP contribution in [0.3, 0.4) is 0 Å². The lowest BCUT2D eigenvalue weighted by molar-refractivity contribution is 0.0959. The van der Waals surface area contributed by atoms with Gasteiger partial charge in [0.15, 0.2) is 0 Å². The lowest BCUT2D eigenvalue weighted by Gasteiger charge is -2.38. The molecule has 0 aromatic heterocycles. The predicted molar refractivity (Wildman–Crippen MR) is 77.8 cm³/mol. The summed E-state index contributed by atoms with van der Waals surface area (Å²) in [4.78, 5) is 2.58. The molecule has 0 spiro atoms. The third-order valence-corrected chi connectivity index (χ3v) is 4.41. The van der Waals surface area contributed by atoms with E-state index in [0.717, 1.165) is 19.5 Å². The van der Waals surface area contributed by atoms with Gasteiger partial charge in [0.05, 0.1) is 6.10 Å². The Labute approximate surface area is 113 Å². The van der Waals surface area contributed by atoms with Gasteiger partial charge < -0.3 is 10.4 Å². The van der Waals surface area contributed by atoms with Gasteiger partial charge in [-0.1, -0.05) is 20.8 Å². The predicted octanol–water partition coefficient (Wildman–Crippen LogP) is 2.25. The first kappa shape index (κ1) is 15.9. The molecule has 0 aromatic rings. The average molecular weight is 256 g/mol. The Kier molecular flexibility index (Phi) is 6.09. The van der Waals surface area contributed by atoms with Gasteiger partial charge in [0.2, 0.25) is 0 Å². The average Bonchev–Trinajstić information content (AvgIpc) is 2.64. The highest BCUT2D eigenvalue weighted by Crippen LogP contribution is 2.28. The molecule has 108 valence electrons. The van der Waals surface area contributed by atoms with Crippen molar-refractivity contribution in [3.63, 3.8) is 0 Å². The molecule has 0 aromatic carbocycles. The molecule has 3 unspecified atom stereocenters. The molecule has 2 N–H and O–H groups in total. The quantitative estimate of drug-likeness (QED) is 0.733. The van der Waals surface area contributed by atoms with Crippen molar-refractivity contribution in [3.8, 4) is 0 Å². The molecule has 1 aliphatic rings. The van der Waals surface area contributed by atoms with Crippen LogP contribution in [-0.2, 0) is 0 Å². The standard InChI is InChI=1S/C15H32N2O/c1-6-16-13(3)15(4,5)11-17-9-7-8-14(17)10-12(2)18/h12-14,16,18H,6-11H2,1-5H3. The maximum Gasteiger partial charge on any atom is 0.0527 e. The molecule has 0 bridgehead atoms. The monoisotopic (exact) mass is 256 g/mol. The topological polar surface area (TPSA) is 35.5 Å². The molecule has 3 nitrogen and oxygen atoms in total. The van der Waals surface area contributed by atoms with E-state index in [-0.39, 0.29) is 11.5 Å². The SMILES string of the molecule is CCNC(C)C(C)(C)CN1CCCC1CC(C)O. The van der Waals surface area contributed by atoms with Crippen LogP contribution < -0.4 is 5.32 Å². The van der Waals surface area contributed by atoms with Crippen molar-refractivity contribution in [1.29, 1.82) is 0 Å². The van der Waals surface area contributed by atoms with E-state index in [1.54, 1.807) is 0 Å². The summed E-state index contributed by atoms with van der Waals surface area (Å²) in [7, 11) is 0. The minimum Gasteiger partial charge on any atom is -0.393 e.